The number of fused-ring (bicyclic) bond motifs is 2. The topological polar surface area (TPSA) is 46.3 Å². The van der Waals surface area contributed by atoms with E-state index in [-0.39, 0.29) is 29.6 Å². The van der Waals surface area contributed by atoms with E-state index in [0.717, 1.165) is 25.7 Å². The van der Waals surface area contributed by atoms with E-state index >= 15 is 0 Å². The van der Waals surface area contributed by atoms with Crippen LogP contribution in [0.1, 0.15) is 36.0 Å². The van der Waals surface area contributed by atoms with Crippen LogP contribution in [0.15, 0.2) is 22.7 Å². The largest absolute Gasteiger partial charge is 0.332 e. The number of halogens is 2. The van der Waals surface area contributed by atoms with Gasteiger partial charge in [-0.05, 0) is 53.7 Å². The lowest BCUT2D eigenvalue weighted by atomic mass is 9.97. The van der Waals surface area contributed by atoms with Gasteiger partial charge in [-0.2, -0.15) is 0 Å². The number of amides is 1. The summed E-state index contributed by atoms with van der Waals surface area (Å²) in [6.45, 7) is 0. The Morgan fingerprint density at radius 3 is 2.58 bits per heavy atom. The summed E-state index contributed by atoms with van der Waals surface area (Å²) >= 11 is 3.13. The van der Waals surface area contributed by atoms with Crippen molar-refractivity contribution in [3.05, 3.63) is 34.1 Å². The second-order valence-corrected chi connectivity index (χ2v) is 6.28. The molecule has 19 heavy (non-hydrogen) atoms. The molecule has 2 aliphatic heterocycles. The van der Waals surface area contributed by atoms with E-state index in [0.29, 0.717) is 4.47 Å². The molecule has 1 aromatic rings. The average Bonchev–Trinajstić information content (AvgIpc) is 2.64. The lowest BCUT2D eigenvalue weighted by molar-refractivity contribution is 0.0570. The van der Waals surface area contributed by atoms with Crippen molar-refractivity contribution in [1.29, 1.82) is 0 Å². The van der Waals surface area contributed by atoms with Crippen LogP contribution < -0.4 is 5.73 Å². The Bertz CT molecular complexity index is 508. The van der Waals surface area contributed by atoms with Gasteiger partial charge in [0.05, 0.1) is 10.0 Å². The Labute approximate surface area is 120 Å². The molecule has 2 atom stereocenters. The maximum Gasteiger partial charge on any atom is 0.257 e. The Morgan fingerprint density at radius 2 is 1.95 bits per heavy atom. The number of hydrogen-bond donors (Lipinski definition) is 1. The molecule has 3 rings (SSSR count). The third-order valence-electron chi connectivity index (χ3n) is 4.19. The standard InChI is InChI=1S/C14H16BrFN2O/c15-12-3-1-2-11(13(12)16)14(19)18-9-4-5-10(18)7-8(17)6-9/h1-3,8-10H,4-7,17H2. The summed E-state index contributed by atoms with van der Waals surface area (Å²) in [4.78, 5) is 14.4. The molecule has 102 valence electrons. The summed E-state index contributed by atoms with van der Waals surface area (Å²) in [6.07, 6.45) is 3.63. The Balaban J connectivity index is 1.91. The summed E-state index contributed by atoms with van der Waals surface area (Å²) in [6, 6.07) is 5.38. The van der Waals surface area contributed by atoms with Crippen LogP contribution in [0.4, 0.5) is 4.39 Å². The minimum absolute atomic E-state index is 0.154. The van der Waals surface area contributed by atoms with E-state index in [1.807, 2.05) is 4.90 Å². The molecule has 3 nitrogen and oxygen atoms in total. The summed E-state index contributed by atoms with van der Waals surface area (Å²) in [5.41, 5.74) is 6.15. The van der Waals surface area contributed by atoms with E-state index in [1.54, 1.807) is 18.2 Å². The highest BCUT2D eigenvalue weighted by atomic mass is 79.9. The van der Waals surface area contributed by atoms with E-state index in [2.05, 4.69) is 15.9 Å². The van der Waals surface area contributed by atoms with Crippen LogP contribution in [-0.2, 0) is 0 Å². The minimum Gasteiger partial charge on any atom is -0.332 e. The van der Waals surface area contributed by atoms with Gasteiger partial charge in [0.25, 0.3) is 5.91 Å². The predicted octanol–water partition coefficient (Wildman–Crippen LogP) is 2.68. The lowest BCUT2D eigenvalue weighted by Crippen LogP contribution is -2.50. The van der Waals surface area contributed by atoms with Crippen LogP contribution in [0.2, 0.25) is 0 Å². The number of nitrogens with two attached hydrogens (primary N) is 1. The summed E-state index contributed by atoms with van der Waals surface area (Å²) in [7, 11) is 0. The highest BCUT2D eigenvalue weighted by Gasteiger charge is 2.42. The third kappa shape index (κ3) is 2.19. The summed E-state index contributed by atoms with van der Waals surface area (Å²) < 4.78 is 14.4. The summed E-state index contributed by atoms with van der Waals surface area (Å²) in [5, 5.41) is 0. The van der Waals surface area contributed by atoms with Gasteiger partial charge in [-0.25, -0.2) is 4.39 Å². The number of benzene rings is 1. The van der Waals surface area contributed by atoms with Gasteiger partial charge in [0.15, 0.2) is 0 Å². The fraction of sp³-hybridized carbons (Fsp3) is 0.500. The molecule has 1 amide bonds. The zero-order chi connectivity index (χ0) is 13.6. The zero-order valence-corrected chi connectivity index (χ0v) is 12.1. The van der Waals surface area contributed by atoms with Crippen LogP contribution in [0.25, 0.3) is 0 Å². The number of rotatable bonds is 1. The van der Waals surface area contributed by atoms with Gasteiger partial charge in [-0.3, -0.25) is 4.79 Å². The molecule has 0 spiro atoms. The number of carbonyl (C=O) groups is 1. The first-order chi connectivity index (χ1) is 9.08. The second kappa shape index (κ2) is 4.87. The van der Waals surface area contributed by atoms with Crippen LogP contribution in [-0.4, -0.2) is 28.9 Å². The Hall–Kier alpha value is -0.940. The molecule has 2 N–H and O–H groups in total. The van der Waals surface area contributed by atoms with Crippen molar-refractivity contribution < 1.29 is 9.18 Å². The Morgan fingerprint density at radius 1 is 1.32 bits per heavy atom. The normalized spacial score (nSPS) is 29.6. The maximum atomic E-state index is 14.0. The highest BCUT2D eigenvalue weighted by molar-refractivity contribution is 9.10. The van der Waals surface area contributed by atoms with Crippen molar-refractivity contribution in [3.63, 3.8) is 0 Å². The van der Waals surface area contributed by atoms with Crippen LogP contribution >= 0.6 is 15.9 Å². The van der Waals surface area contributed by atoms with Gasteiger partial charge < -0.3 is 10.6 Å². The third-order valence-corrected chi connectivity index (χ3v) is 4.80. The molecule has 0 radical (unpaired) electrons. The molecule has 2 saturated heterocycles. The molecule has 0 aromatic heterocycles. The first kappa shape index (κ1) is 13.1. The van der Waals surface area contributed by atoms with Gasteiger partial charge >= 0.3 is 0 Å². The van der Waals surface area contributed by atoms with Crippen LogP contribution in [0, 0.1) is 5.82 Å². The van der Waals surface area contributed by atoms with Crippen molar-refractivity contribution in [2.75, 3.05) is 0 Å². The molecular weight excluding hydrogens is 311 g/mol. The number of carbonyl (C=O) groups excluding carboxylic acids is 1. The Kier molecular flexibility index (Phi) is 3.35. The van der Waals surface area contributed by atoms with Crippen LogP contribution in [0.3, 0.4) is 0 Å². The van der Waals surface area contributed by atoms with Crippen LogP contribution in [0.5, 0.6) is 0 Å². The number of nitrogens with zero attached hydrogens (tertiary/aromatic N) is 1. The molecule has 2 heterocycles. The van der Waals surface area contributed by atoms with Crippen molar-refractivity contribution in [3.8, 4) is 0 Å². The van der Waals surface area contributed by atoms with Gasteiger partial charge in [-0.1, -0.05) is 6.07 Å². The van der Waals surface area contributed by atoms with E-state index in [1.165, 1.54) is 0 Å². The maximum absolute atomic E-state index is 14.0. The predicted molar refractivity (Wildman–Crippen MR) is 74.3 cm³/mol. The fourth-order valence-electron chi connectivity index (χ4n) is 3.36. The number of piperidine rings is 1. The molecule has 2 unspecified atom stereocenters. The highest BCUT2D eigenvalue weighted by Crippen LogP contribution is 2.36. The van der Waals surface area contributed by atoms with Gasteiger partial charge in [0.1, 0.15) is 5.82 Å². The molecule has 2 aliphatic rings. The molecule has 0 saturated carbocycles. The number of hydrogen-bond acceptors (Lipinski definition) is 2. The lowest BCUT2D eigenvalue weighted by Gasteiger charge is -2.37. The molecule has 2 bridgehead atoms. The van der Waals surface area contributed by atoms with E-state index in [4.69, 9.17) is 5.73 Å². The molecule has 0 aliphatic carbocycles. The molecule has 5 heteroatoms. The first-order valence-electron chi connectivity index (χ1n) is 6.60. The van der Waals surface area contributed by atoms with Gasteiger partial charge in [-0.15, -0.1) is 0 Å². The van der Waals surface area contributed by atoms with Crippen molar-refractivity contribution in [2.24, 2.45) is 5.73 Å². The van der Waals surface area contributed by atoms with E-state index in [9.17, 15) is 9.18 Å². The summed E-state index contributed by atoms with van der Waals surface area (Å²) in [5.74, 6) is -0.667. The minimum atomic E-state index is -0.471. The smallest absolute Gasteiger partial charge is 0.257 e. The molecule has 1 aromatic carbocycles. The van der Waals surface area contributed by atoms with Crippen molar-refractivity contribution >= 4 is 21.8 Å². The van der Waals surface area contributed by atoms with E-state index < -0.39 is 5.82 Å². The van der Waals surface area contributed by atoms with Crippen molar-refractivity contribution in [1.82, 2.24) is 4.90 Å². The molecular formula is C14H16BrFN2O. The molecule has 2 fully saturated rings. The van der Waals surface area contributed by atoms with Crippen molar-refractivity contribution in [2.45, 2.75) is 43.8 Å². The first-order valence-corrected chi connectivity index (χ1v) is 7.39. The average molecular weight is 327 g/mol. The second-order valence-electron chi connectivity index (χ2n) is 5.43. The SMILES string of the molecule is NC1CC2CCC(C1)N2C(=O)c1cccc(Br)c1F. The zero-order valence-electron chi connectivity index (χ0n) is 10.5. The fourth-order valence-corrected chi connectivity index (χ4v) is 3.72. The quantitative estimate of drug-likeness (QED) is 0.862. The van der Waals surface area contributed by atoms with Gasteiger partial charge in [0.2, 0.25) is 0 Å². The monoisotopic (exact) mass is 326 g/mol. The van der Waals surface area contributed by atoms with Gasteiger partial charge in [0, 0.05) is 18.1 Å².